The van der Waals surface area contributed by atoms with Crippen LogP contribution >= 0.6 is 11.8 Å². The van der Waals surface area contributed by atoms with Crippen LogP contribution < -0.4 is 4.74 Å². The molecule has 1 aliphatic heterocycles. The maximum atomic E-state index is 10.8. The molecular formula is C18H18N4O4S. The number of aliphatic imine (C=N–C) groups is 1. The van der Waals surface area contributed by atoms with Gasteiger partial charge in [0.15, 0.2) is 5.17 Å². The number of nitrogens with zero attached hydrogens (tertiary/aromatic N) is 4. The Morgan fingerprint density at radius 3 is 2.56 bits per heavy atom. The fraction of sp³-hybridized carbons (Fsp3) is 0.222. The van der Waals surface area contributed by atoms with Gasteiger partial charge in [-0.2, -0.15) is 5.10 Å². The van der Waals surface area contributed by atoms with Crippen LogP contribution in [0.5, 0.6) is 5.75 Å². The number of hydrogen-bond acceptors (Lipinski definition) is 7. The van der Waals surface area contributed by atoms with Crippen LogP contribution in [0, 0.1) is 10.1 Å². The lowest BCUT2D eigenvalue weighted by Crippen LogP contribution is -2.33. The number of aliphatic hydroxyl groups excluding tert-OH is 1. The van der Waals surface area contributed by atoms with Crippen molar-refractivity contribution in [3.8, 4) is 5.75 Å². The number of ether oxygens (including phenoxy) is 1. The lowest BCUT2D eigenvalue weighted by atomic mass is 10.1. The molecule has 0 aromatic heterocycles. The van der Waals surface area contributed by atoms with E-state index in [1.54, 1.807) is 24.3 Å². The summed E-state index contributed by atoms with van der Waals surface area (Å²) in [6.45, 7) is 0.234. The number of nitro benzene ring substituents is 1. The number of β-amino-alcohol motifs (C(OH)–C–C–N with tert-alkyl or cyclic N) is 1. The Morgan fingerprint density at radius 2 is 1.96 bits per heavy atom. The third-order valence-corrected chi connectivity index (χ3v) is 4.80. The first kappa shape index (κ1) is 18.9. The average molecular weight is 386 g/mol. The summed E-state index contributed by atoms with van der Waals surface area (Å²) in [7, 11) is 1.61. The fourth-order valence-electron chi connectivity index (χ4n) is 2.44. The normalized spacial score (nSPS) is 15.6. The number of thioether (sulfide) groups is 1. The fourth-order valence-corrected chi connectivity index (χ4v) is 3.38. The highest BCUT2D eigenvalue weighted by atomic mass is 32.2. The van der Waals surface area contributed by atoms with Crippen LogP contribution in [0.1, 0.15) is 5.56 Å². The molecule has 0 atom stereocenters. The Labute approximate surface area is 160 Å². The lowest BCUT2D eigenvalue weighted by molar-refractivity contribution is -0.384. The second kappa shape index (κ2) is 8.65. The van der Waals surface area contributed by atoms with Crippen molar-refractivity contribution in [3.05, 3.63) is 64.2 Å². The summed E-state index contributed by atoms with van der Waals surface area (Å²) in [5, 5.41) is 27.1. The molecule has 8 nitrogen and oxygen atoms in total. The first-order chi connectivity index (χ1) is 13.1. The van der Waals surface area contributed by atoms with Crippen LogP contribution in [0.2, 0.25) is 0 Å². The van der Waals surface area contributed by atoms with Gasteiger partial charge in [-0.05, 0) is 42.0 Å². The van der Waals surface area contributed by atoms with Crippen molar-refractivity contribution in [2.45, 2.75) is 0 Å². The number of hydrogen-bond donors (Lipinski definition) is 1. The summed E-state index contributed by atoms with van der Waals surface area (Å²) in [6, 6.07) is 13.6. The van der Waals surface area contributed by atoms with Crippen molar-refractivity contribution < 1.29 is 14.8 Å². The minimum absolute atomic E-state index is 0.0387. The second-order valence-electron chi connectivity index (χ2n) is 5.58. The smallest absolute Gasteiger partial charge is 0.269 e. The quantitative estimate of drug-likeness (QED) is 0.605. The molecule has 1 aliphatic rings. The number of rotatable bonds is 6. The van der Waals surface area contributed by atoms with Gasteiger partial charge in [0.1, 0.15) is 5.75 Å². The van der Waals surface area contributed by atoms with E-state index in [2.05, 4.69) is 10.1 Å². The first-order valence-corrected chi connectivity index (χ1v) is 9.15. The average Bonchev–Trinajstić information content (AvgIpc) is 2.70. The zero-order valence-corrected chi connectivity index (χ0v) is 15.4. The number of hydrazone groups is 1. The molecule has 0 saturated heterocycles. The van der Waals surface area contributed by atoms with E-state index in [9.17, 15) is 15.2 Å². The van der Waals surface area contributed by atoms with Gasteiger partial charge in [-0.3, -0.25) is 10.1 Å². The minimum atomic E-state index is -0.432. The van der Waals surface area contributed by atoms with E-state index >= 15 is 0 Å². The van der Waals surface area contributed by atoms with E-state index in [-0.39, 0.29) is 12.3 Å². The Morgan fingerprint density at radius 1 is 1.26 bits per heavy atom. The summed E-state index contributed by atoms with van der Waals surface area (Å²) < 4.78 is 5.14. The van der Waals surface area contributed by atoms with Gasteiger partial charge >= 0.3 is 0 Å². The topological polar surface area (TPSA) is 101 Å². The zero-order chi connectivity index (χ0) is 19.2. The van der Waals surface area contributed by atoms with Gasteiger partial charge < -0.3 is 9.84 Å². The molecular weight excluding hydrogens is 368 g/mol. The Balaban J connectivity index is 1.84. The van der Waals surface area contributed by atoms with Gasteiger partial charge in [-0.1, -0.05) is 11.8 Å². The molecule has 0 saturated carbocycles. The van der Waals surface area contributed by atoms with Crippen LogP contribution in [-0.2, 0) is 0 Å². The molecule has 1 N–H and O–H groups in total. The summed E-state index contributed by atoms with van der Waals surface area (Å²) in [6.07, 6.45) is 0. The standard InChI is InChI=1S/C18H18N4O4S/c1-26-16-8-4-14(5-9-16)19-18-21(10-11-23)20-17(12-27-18)13-2-6-15(7-3-13)22(24)25/h2-9,23H,10-12H2,1H3. The minimum Gasteiger partial charge on any atom is -0.497 e. The Hall–Kier alpha value is -2.91. The van der Waals surface area contributed by atoms with Crippen molar-refractivity contribution >= 4 is 34.0 Å². The second-order valence-corrected chi connectivity index (χ2v) is 6.52. The highest BCUT2D eigenvalue weighted by molar-refractivity contribution is 8.14. The van der Waals surface area contributed by atoms with Crippen molar-refractivity contribution in [2.75, 3.05) is 26.0 Å². The third-order valence-electron chi connectivity index (χ3n) is 3.82. The molecule has 2 aromatic rings. The van der Waals surface area contributed by atoms with Crippen molar-refractivity contribution in [3.63, 3.8) is 0 Å². The Bertz CT molecular complexity index is 866. The third kappa shape index (κ3) is 4.63. The van der Waals surface area contributed by atoms with Crippen molar-refractivity contribution in [2.24, 2.45) is 10.1 Å². The van der Waals surface area contributed by atoms with Gasteiger partial charge in [0.25, 0.3) is 5.69 Å². The SMILES string of the molecule is COc1ccc(N=C2SCC(c3ccc([N+](=O)[O-])cc3)=NN2CCO)cc1. The molecule has 3 rings (SSSR count). The number of aliphatic hydroxyl groups is 1. The maximum absolute atomic E-state index is 10.8. The molecule has 0 aliphatic carbocycles. The number of non-ortho nitro benzene ring substituents is 1. The molecule has 0 unspecified atom stereocenters. The Kier molecular flexibility index (Phi) is 6.05. The molecule has 0 fully saturated rings. The van der Waals surface area contributed by atoms with E-state index < -0.39 is 4.92 Å². The summed E-state index contributed by atoms with van der Waals surface area (Å²) >= 11 is 1.50. The largest absolute Gasteiger partial charge is 0.497 e. The number of benzene rings is 2. The molecule has 27 heavy (non-hydrogen) atoms. The predicted octanol–water partition coefficient (Wildman–Crippen LogP) is 3.04. The summed E-state index contributed by atoms with van der Waals surface area (Å²) in [5.74, 6) is 1.33. The van der Waals surface area contributed by atoms with Gasteiger partial charge in [0.2, 0.25) is 0 Å². The maximum Gasteiger partial charge on any atom is 0.269 e. The van der Waals surface area contributed by atoms with Crippen LogP contribution in [0.25, 0.3) is 0 Å². The van der Waals surface area contributed by atoms with Crippen LogP contribution in [0.15, 0.2) is 58.6 Å². The highest BCUT2D eigenvalue weighted by Crippen LogP contribution is 2.25. The number of methoxy groups -OCH3 is 1. The van der Waals surface area contributed by atoms with Crippen LogP contribution in [-0.4, -0.2) is 51.9 Å². The van der Waals surface area contributed by atoms with E-state index in [0.717, 1.165) is 22.7 Å². The number of nitro groups is 1. The number of amidine groups is 1. The lowest BCUT2D eigenvalue weighted by Gasteiger charge is -2.25. The van der Waals surface area contributed by atoms with Gasteiger partial charge in [-0.25, -0.2) is 10.0 Å². The predicted molar refractivity (Wildman–Crippen MR) is 106 cm³/mol. The monoisotopic (exact) mass is 386 g/mol. The molecule has 0 amide bonds. The molecule has 9 heteroatoms. The van der Waals surface area contributed by atoms with E-state index in [0.29, 0.717) is 17.5 Å². The van der Waals surface area contributed by atoms with Crippen molar-refractivity contribution in [1.29, 1.82) is 0 Å². The summed E-state index contributed by atoms with van der Waals surface area (Å²) in [5.41, 5.74) is 2.38. The molecule has 0 bridgehead atoms. The van der Waals surface area contributed by atoms with Gasteiger partial charge in [-0.15, -0.1) is 0 Å². The molecule has 0 spiro atoms. The zero-order valence-electron chi connectivity index (χ0n) is 14.6. The van der Waals surface area contributed by atoms with Gasteiger partial charge in [0, 0.05) is 17.9 Å². The summed E-state index contributed by atoms with van der Waals surface area (Å²) in [4.78, 5) is 15.0. The van der Waals surface area contributed by atoms with E-state index in [1.165, 1.54) is 23.9 Å². The first-order valence-electron chi connectivity index (χ1n) is 8.17. The van der Waals surface area contributed by atoms with E-state index in [1.807, 2.05) is 24.3 Å². The molecule has 140 valence electrons. The van der Waals surface area contributed by atoms with Crippen LogP contribution in [0.4, 0.5) is 11.4 Å². The van der Waals surface area contributed by atoms with Crippen molar-refractivity contribution in [1.82, 2.24) is 5.01 Å². The molecule has 1 heterocycles. The van der Waals surface area contributed by atoms with Crippen LogP contribution in [0.3, 0.4) is 0 Å². The van der Waals surface area contributed by atoms with E-state index in [4.69, 9.17) is 4.74 Å². The van der Waals surface area contributed by atoms with Gasteiger partial charge in [0.05, 0.1) is 36.6 Å². The highest BCUT2D eigenvalue weighted by Gasteiger charge is 2.21. The molecule has 0 radical (unpaired) electrons. The molecule has 2 aromatic carbocycles.